The molecule has 2 rings (SSSR count). The highest BCUT2D eigenvalue weighted by molar-refractivity contribution is 5.35. The second kappa shape index (κ2) is 2.07. The number of nitrogens with one attached hydrogen (secondary N) is 1. The third kappa shape index (κ3) is 0.796. The molecular weight excluding hydrogens is 126 g/mol. The molecule has 1 aliphatic carbocycles. The maximum Gasteiger partial charge on any atom is 0.0590 e. The lowest BCUT2D eigenvalue weighted by molar-refractivity contribution is 0.205. The first-order valence-electron chi connectivity index (χ1n) is 3.88. The van der Waals surface area contributed by atoms with E-state index < -0.39 is 0 Å². The van der Waals surface area contributed by atoms with Crippen LogP contribution >= 0.6 is 0 Å². The van der Waals surface area contributed by atoms with E-state index in [2.05, 4.69) is 18.3 Å². The maximum atomic E-state index is 8.91. The van der Waals surface area contributed by atoms with E-state index in [1.165, 1.54) is 0 Å². The highest BCUT2D eigenvalue weighted by Crippen LogP contribution is 2.39. The van der Waals surface area contributed by atoms with Crippen LogP contribution in [0.25, 0.3) is 0 Å². The molecule has 0 aromatic heterocycles. The smallest absolute Gasteiger partial charge is 0.0590 e. The summed E-state index contributed by atoms with van der Waals surface area (Å²) < 4.78 is 0. The summed E-state index contributed by atoms with van der Waals surface area (Å²) in [6, 6.07) is 0.310. The summed E-state index contributed by atoms with van der Waals surface area (Å²) in [6.45, 7) is 3.50. The molecule has 0 aromatic rings. The lowest BCUT2D eigenvalue weighted by Crippen LogP contribution is -2.43. The van der Waals surface area contributed by atoms with Crippen molar-refractivity contribution >= 4 is 0 Å². The third-order valence-corrected chi connectivity index (χ3v) is 2.64. The number of piperidine rings is 1. The molecule has 56 valence electrons. The number of aliphatic hydroxyl groups excluding tert-OH is 1. The Balaban J connectivity index is 2.03. The van der Waals surface area contributed by atoms with Gasteiger partial charge >= 0.3 is 0 Å². The van der Waals surface area contributed by atoms with Gasteiger partial charge in [0.2, 0.25) is 0 Å². The van der Waals surface area contributed by atoms with Gasteiger partial charge in [-0.3, -0.25) is 0 Å². The van der Waals surface area contributed by atoms with Gasteiger partial charge in [-0.25, -0.2) is 0 Å². The van der Waals surface area contributed by atoms with Crippen molar-refractivity contribution in [2.45, 2.75) is 13.0 Å². The van der Waals surface area contributed by atoms with Crippen LogP contribution in [-0.2, 0) is 0 Å². The average Bonchev–Trinajstić information content (AvgIpc) is 2.68. The minimum atomic E-state index is 0.269. The van der Waals surface area contributed by atoms with Gasteiger partial charge in [0.15, 0.2) is 0 Å². The van der Waals surface area contributed by atoms with E-state index in [4.69, 9.17) is 5.11 Å². The van der Waals surface area contributed by atoms with Crippen LogP contribution in [-0.4, -0.2) is 24.3 Å². The molecular formula is C8H13NO. The van der Waals surface area contributed by atoms with Crippen molar-refractivity contribution in [3.63, 3.8) is 0 Å². The quantitative estimate of drug-likeness (QED) is 0.507. The second-order valence-electron chi connectivity index (χ2n) is 3.26. The Labute approximate surface area is 60.9 Å². The fourth-order valence-corrected chi connectivity index (χ4v) is 1.76. The zero-order valence-corrected chi connectivity index (χ0v) is 6.17. The molecule has 0 aromatic carbocycles. The second-order valence-corrected chi connectivity index (χ2v) is 3.26. The van der Waals surface area contributed by atoms with Crippen molar-refractivity contribution in [1.29, 1.82) is 0 Å². The van der Waals surface area contributed by atoms with Crippen molar-refractivity contribution in [1.82, 2.24) is 5.32 Å². The molecule has 0 bridgehead atoms. The van der Waals surface area contributed by atoms with Gasteiger partial charge in [-0.2, -0.15) is 0 Å². The van der Waals surface area contributed by atoms with E-state index >= 15 is 0 Å². The molecule has 1 heterocycles. The normalized spacial score (nSPS) is 44.2. The molecule has 0 amide bonds. The highest BCUT2D eigenvalue weighted by Gasteiger charge is 2.37. The van der Waals surface area contributed by atoms with E-state index in [1.54, 1.807) is 5.57 Å². The predicted molar refractivity (Wildman–Crippen MR) is 39.6 cm³/mol. The Morgan fingerprint density at radius 1 is 1.80 bits per heavy atom. The molecule has 2 N–H and O–H groups in total. The summed E-state index contributed by atoms with van der Waals surface area (Å²) >= 11 is 0. The number of rotatable bonds is 1. The van der Waals surface area contributed by atoms with Crippen LogP contribution in [0.2, 0.25) is 0 Å². The first kappa shape index (κ1) is 6.38. The molecule has 1 aliphatic heterocycles. The van der Waals surface area contributed by atoms with Gasteiger partial charge in [-0.05, 0) is 5.92 Å². The fraction of sp³-hybridized carbons (Fsp3) is 0.750. The monoisotopic (exact) mass is 139 g/mol. The van der Waals surface area contributed by atoms with E-state index in [9.17, 15) is 0 Å². The van der Waals surface area contributed by atoms with Gasteiger partial charge in [0, 0.05) is 18.5 Å². The predicted octanol–water partition coefficient (Wildman–Crippen LogP) is 0.143. The Bertz CT molecular complexity index is 176. The minimum Gasteiger partial charge on any atom is -0.395 e. The van der Waals surface area contributed by atoms with Gasteiger partial charge in [-0.1, -0.05) is 18.6 Å². The molecule has 10 heavy (non-hydrogen) atoms. The van der Waals surface area contributed by atoms with Crippen LogP contribution < -0.4 is 5.32 Å². The lowest BCUT2D eigenvalue weighted by atomic mass is 9.93. The Morgan fingerprint density at radius 3 is 3.30 bits per heavy atom. The Morgan fingerprint density at radius 2 is 2.60 bits per heavy atom. The maximum absolute atomic E-state index is 8.91. The number of hydrogen-bond donors (Lipinski definition) is 2. The van der Waals surface area contributed by atoms with Crippen LogP contribution in [0.15, 0.2) is 11.6 Å². The van der Waals surface area contributed by atoms with Gasteiger partial charge in [0.1, 0.15) is 0 Å². The van der Waals surface area contributed by atoms with Crippen molar-refractivity contribution in [2.24, 2.45) is 11.8 Å². The molecule has 2 nitrogen and oxygen atoms in total. The molecule has 2 aliphatic rings. The molecule has 0 spiro atoms. The van der Waals surface area contributed by atoms with E-state index in [0.29, 0.717) is 12.0 Å². The highest BCUT2D eigenvalue weighted by atomic mass is 16.3. The number of aliphatic hydroxyl groups is 1. The largest absolute Gasteiger partial charge is 0.395 e. The van der Waals surface area contributed by atoms with Crippen molar-refractivity contribution in [3.8, 4) is 0 Å². The van der Waals surface area contributed by atoms with E-state index in [0.717, 1.165) is 12.5 Å². The van der Waals surface area contributed by atoms with E-state index in [1.807, 2.05) is 0 Å². The van der Waals surface area contributed by atoms with Crippen molar-refractivity contribution in [3.05, 3.63) is 11.6 Å². The van der Waals surface area contributed by atoms with Crippen molar-refractivity contribution in [2.75, 3.05) is 13.2 Å². The number of hydrogen-bond acceptors (Lipinski definition) is 2. The SMILES string of the molecule is C[C@@H]1C2=C[C@H]2CN[C@H]1CO. The third-order valence-electron chi connectivity index (χ3n) is 2.64. The summed E-state index contributed by atoms with van der Waals surface area (Å²) in [6.07, 6.45) is 2.30. The van der Waals surface area contributed by atoms with Crippen LogP contribution in [0.1, 0.15) is 6.92 Å². The molecule has 3 atom stereocenters. The van der Waals surface area contributed by atoms with Gasteiger partial charge in [-0.15, -0.1) is 0 Å². The van der Waals surface area contributed by atoms with Crippen LogP contribution in [0, 0.1) is 11.8 Å². The Kier molecular flexibility index (Phi) is 1.32. The molecule has 2 heteroatoms. The summed E-state index contributed by atoms with van der Waals surface area (Å²) in [7, 11) is 0. The zero-order chi connectivity index (χ0) is 7.14. The Hall–Kier alpha value is -0.340. The molecule has 0 saturated carbocycles. The van der Waals surface area contributed by atoms with Gasteiger partial charge in [0.25, 0.3) is 0 Å². The van der Waals surface area contributed by atoms with E-state index in [-0.39, 0.29) is 6.61 Å². The summed E-state index contributed by atoms with van der Waals surface area (Å²) in [5.74, 6) is 1.29. The van der Waals surface area contributed by atoms with Crippen molar-refractivity contribution < 1.29 is 5.11 Å². The van der Waals surface area contributed by atoms with Gasteiger partial charge < -0.3 is 10.4 Å². The minimum absolute atomic E-state index is 0.269. The molecule has 1 saturated heterocycles. The van der Waals surface area contributed by atoms with Crippen LogP contribution in [0.5, 0.6) is 0 Å². The zero-order valence-electron chi connectivity index (χ0n) is 6.17. The first-order valence-corrected chi connectivity index (χ1v) is 3.88. The fourth-order valence-electron chi connectivity index (χ4n) is 1.76. The summed E-state index contributed by atoms with van der Waals surface area (Å²) in [5.41, 5.74) is 1.55. The summed E-state index contributed by atoms with van der Waals surface area (Å²) in [5, 5.41) is 12.2. The van der Waals surface area contributed by atoms with Crippen LogP contribution in [0.3, 0.4) is 0 Å². The van der Waals surface area contributed by atoms with Gasteiger partial charge in [0.05, 0.1) is 6.61 Å². The van der Waals surface area contributed by atoms with Crippen LogP contribution in [0.4, 0.5) is 0 Å². The lowest BCUT2D eigenvalue weighted by Gasteiger charge is -2.27. The number of fused-ring (bicyclic) bond motifs is 1. The average molecular weight is 139 g/mol. The first-order chi connectivity index (χ1) is 4.83. The standard InChI is InChI=1S/C8H13NO/c1-5-7-2-6(7)3-9-8(5)4-10/h2,5-6,8-10H,3-4H2,1H3/t5-,6+,8+/m1/s1. The topological polar surface area (TPSA) is 32.3 Å². The molecule has 0 unspecified atom stereocenters. The molecule has 0 radical (unpaired) electrons. The molecule has 1 fully saturated rings. The summed E-state index contributed by atoms with van der Waals surface area (Å²) in [4.78, 5) is 0.